The molecule has 1 fully saturated rings. The van der Waals surface area contributed by atoms with Crippen molar-refractivity contribution in [2.75, 3.05) is 33.3 Å². The Morgan fingerprint density at radius 2 is 1.88 bits per heavy atom. The van der Waals surface area contributed by atoms with Gasteiger partial charge in [0.05, 0.1) is 7.11 Å². The number of methoxy groups -OCH3 is 1. The van der Waals surface area contributed by atoms with Gasteiger partial charge in [0.2, 0.25) is 0 Å². The number of aromatic hydroxyl groups is 1. The Hall–Kier alpha value is -0.890. The van der Waals surface area contributed by atoms with Gasteiger partial charge in [0.25, 0.3) is 0 Å². The molecule has 24 heavy (non-hydrogen) atoms. The van der Waals surface area contributed by atoms with E-state index in [0.29, 0.717) is 24.4 Å². The van der Waals surface area contributed by atoms with E-state index in [9.17, 15) is 18.3 Å². The molecular weight excluding hydrogens is 368 g/mol. The highest BCUT2D eigenvalue weighted by Crippen LogP contribution is 2.37. The summed E-state index contributed by atoms with van der Waals surface area (Å²) in [6.45, 7) is 2.88. The Labute approximate surface area is 152 Å². The topological polar surface area (TPSA) is 44.7 Å². The van der Waals surface area contributed by atoms with Crippen LogP contribution in [0.4, 0.5) is 13.2 Å². The molecule has 1 atom stereocenters. The van der Waals surface area contributed by atoms with Crippen LogP contribution in [0.15, 0.2) is 18.2 Å². The second kappa shape index (κ2) is 10.2. The van der Waals surface area contributed by atoms with Crippen molar-refractivity contribution >= 4 is 24.8 Å². The first kappa shape index (κ1) is 23.1. The zero-order valence-electron chi connectivity index (χ0n) is 13.3. The monoisotopic (exact) mass is 390 g/mol. The molecule has 0 bridgehead atoms. The van der Waals surface area contributed by atoms with Crippen molar-refractivity contribution in [3.63, 3.8) is 0 Å². The minimum Gasteiger partial charge on any atom is -0.508 e. The molecule has 0 spiro atoms. The number of hydrogen-bond donors (Lipinski definition) is 2. The number of phenolic OH excluding ortho intramolecular Hbond substituents is 1. The maximum Gasteiger partial charge on any atom is 0.389 e. The van der Waals surface area contributed by atoms with Gasteiger partial charge in [-0.25, -0.2) is 0 Å². The summed E-state index contributed by atoms with van der Waals surface area (Å²) in [6.07, 6.45) is -5.05. The molecule has 1 heterocycles. The number of hydrogen-bond acceptors (Lipinski definition) is 4. The van der Waals surface area contributed by atoms with Gasteiger partial charge in [0.1, 0.15) is 11.5 Å². The first-order valence-corrected chi connectivity index (χ1v) is 7.29. The number of nitrogens with zero attached hydrogens (tertiary/aromatic N) is 1. The molecule has 140 valence electrons. The van der Waals surface area contributed by atoms with E-state index in [1.807, 2.05) is 4.90 Å². The smallest absolute Gasteiger partial charge is 0.389 e. The molecule has 1 aromatic rings. The molecule has 1 aromatic carbocycles. The van der Waals surface area contributed by atoms with Crippen LogP contribution in [-0.2, 0) is 0 Å². The van der Waals surface area contributed by atoms with Crippen LogP contribution in [0.25, 0.3) is 0 Å². The maximum atomic E-state index is 12.6. The third kappa shape index (κ3) is 6.55. The van der Waals surface area contributed by atoms with E-state index in [-0.39, 0.29) is 43.0 Å². The molecule has 0 aliphatic carbocycles. The third-order valence-corrected chi connectivity index (χ3v) is 3.87. The van der Waals surface area contributed by atoms with Gasteiger partial charge in [-0.05, 0) is 12.5 Å². The predicted octanol–water partition coefficient (Wildman–Crippen LogP) is 3.53. The van der Waals surface area contributed by atoms with E-state index in [0.717, 1.165) is 13.1 Å². The fraction of sp³-hybridized carbons (Fsp3) is 0.600. The molecule has 0 aromatic heterocycles. The second-order valence-corrected chi connectivity index (χ2v) is 5.38. The van der Waals surface area contributed by atoms with Crippen molar-refractivity contribution in [1.29, 1.82) is 0 Å². The fourth-order valence-electron chi connectivity index (χ4n) is 2.80. The Bertz CT molecular complexity index is 498. The van der Waals surface area contributed by atoms with Crippen LogP contribution in [0.3, 0.4) is 0 Å². The van der Waals surface area contributed by atoms with Crippen molar-refractivity contribution in [3.05, 3.63) is 23.8 Å². The van der Waals surface area contributed by atoms with Crippen LogP contribution >= 0.6 is 24.8 Å². The molecule has 0 radical (unpaired) electrons. The number of rotatable bonds is 5. The predicted molar refractivity (Wildman–Crippen MR) is 91.6 cm³/mol. The first-order chi connectivity index (χ1) is 10.4. The lowest BCUT2D eigenvalue weighted by atomic mass is 9.98. The molecule has 1 aliphatic heterocycles. The summed E-state index contributed by atoms with van der Waals surface area (Å²) < 4.78 is 43.2. The summed E-state index contributed by atoms with van der Waals surface area (Å²) in [4.78, 5) is 2.04. The van der Waals surface area contributed by atoms with Gasteiger partial charge in [-0.2, -0.15) is 13.2 Å². The summed E-state index contributed by atoms with van der Waals surface area (Å²) in [5.41, 5.74) is 0.687. The minimum absolute atomic E-state index is 0. The second-order valence-electron chi connectivity index (χ2n) is 5.38. The van der Waals surface area contributed by atoms with E-state index in [1.165, 1.54) is 19.2 Å². The number of piperazine rings is 1. The molecule has 0 saturated carbocycles. The van der Waals surface area contributed by atoms with E-state index in [2.05, 4.69) is 5.32 Å². The Morgan fingerprint density at radius 3 is 2.42 bits per heavy atom. The summed E-state index contributed by atoms with van der Waals surface area (Å²) in [5.74, 6) is 0.459. The van der Waals surface area contributed by atoms with Crippen molar-refractivity contribution in [2.45, 2.75) is 25.1 Å². The molecule has 9 heteroatoms. The van der Waals surface area contributed by atoms with Crippen molar-refractivity contribution in [3.8, 4) is 11.5 Å². The fourth-order valence-corrected chi connectivity index (χ4v) is 2.80. The van der Waals surface area contributed by atoms with Gasteiger partial charge in [-0.3, -0.25) is 4.90 Å². The molecule has 1 aliphatic rings. The number of alkyl halides is 3. The highest BCUT2D eigenvalue weighted by Gasteiger charge is 2.32. The van der Waals surface area contributed by atoms with E-state index >= 15 is 0 Å². The number of halogens is 5. The maximum absolute atomic E-state index is 12.6. The van der Waals surface area contributed by atoms with Crippen LogP contribution in [0.1, 0.15) is 24.4 Å². The summed E-state index contributed by atoms with van der Waals surface area (Å²) in [7, 11) is 1.46. The minimum atomic E-state index is -4.18. The van der Waals surface area contributed by atoms with Crippen LogP contribution in [0.2, 0.25) is 0 Å². The van der Waals surface area contributed by atoms with Gasteiger partial charge in [-0.15, -0.1) is 24.8 Å². The highest BCUT2D eigenvalue weighted by molar-refractivity contribution is 5.85. The van der Waals surface area contributed by atoms with Crippen LogP contribution in [-0.4, -0.2) is 49.5 Å². The van der Waals surface area contributed by atoms with Gasteiger partial charge >= 0.3 is 6.18 Å². The highest BCUT2D eigenvalue weighted by atomic mass is 35.5. The third-order valence-electron chi connectivity index (χ3n) is 3.87. The van der Waals surface area contributed by atoms with Gasteiger partial charge in [0.15, 0.2) is 0 Å². The number of benzene rings is 1. The number of phenols is 1. The molecule has 4 nitrogen and oxygen atoms in total. The summed E-state index contributed by atoms with van der Waals surface area (Å²) >= 11 is 0. The van der Waals surface area contributed by atoms with Crippen LogP contribution < -0.4 is 10.1 Å². The average Bonchev–Trinajstić information content (AvgIpc) is 2.48. The quantitative estimate of drug-likeness (QED) is 0.806. The summed E-state index contributed by atoms with van der Waals surface area (Å²) in [6, 6.07) is 4.20. The zero-order chi connectivity index (χ0) is 16.2. The van der Waals surface area contributed by atoms with E-state index in [4.69, 9.17) is 4.74 Å². The van der Waals surface area contributed by atoms with Crippen molar-refractivity contribution in [1.82, 2.24) is 10.2 Å². The molecule has 0 amide bonds. The lowest BCUT2D eigenvalue weighted by Gasteiger charge is -2.36. The van der Waals surface area contributed by atoms with E-state index < -0.39 is 12.6 Å². The lowest BCUT2D eigenvalue weighted by molar-refractivity contribution is -0.138. The van der Waals surface area contributed by atoms with E-state index in [1.54, 1.807) is 6.07 Å². The average molecular weight is 391 g/mol. The van der Waals surface area contributed by atoms with Gasteiger partial charge in [-0.1, -0.05) is 6.07 Å². The SMILES string of the molecule is COc1cc(O)ccc1[C@H](CCC(F)(F)F)N1CCNCC1.Cl.Cl. The Balaban J connectivity index is 0.00000264. The van der Waals surface area contributed by atoms with Crippen LogP contribution in [0.5, 0.6) is 11.5 Å². The van der Waals surface area contributed by atoms with Gasteiger partial charge in [0, 0.05) is 50.3 Å². The molecule has 1 saturated heterocycles. The zero-order valence-corrected chi connectivity index (χ0v) is 14.9. The van der Waals surface area contributed by atoms with Crippen molar-refractivity contribution in [2.24, 2.45) is 0 Å². The Morgan fingerprint density at radius 1 is 1.25 bits per heavy atom. The lowest BCUT2D eigenvalue weighted by Crippen LogP contribution is -2.45. The number of ether oxygens (including phenoxy) is 1. The first-order valence-electron chi connectivity index (χ1n) is 7.29. The molecule has 2 rings (SSSR count). The molecule has 0 unspecified atom stereocenters. The van der Waals surface area contributed by atoms with Gasteiger partial charge < -0.3 is 15.2 Å². The Kier molecular flexibility index (Phi) is 9.80. The largest absolute Gasteiger partial charge is 0.508 e. The standard InChI is InChI=1S/C15H21F3N2O2.2ClH/c1-22-14-10-11(21)2-3-12(14)13(4-5-15(16,17)18)20-8-6-19-7-9-20;;/h2-3,10,13,19,21H,4-9H2,1H3;2*1H/t13-;;/m0../s1. The van der Waals surface area contributed by atoms with Crippen molar-refractivity contribution < 1.29 is 23.0 Å². The molecule has 2 N–H and O–H groups in total. The summed E-state index contributed by atoms with van der Waals surface area (Å²) in [5, 5.41) is 12.7. The van der Waals surface area contributed by atoms with Crippen LogP contribution in [0, 0.1) is 0 Å². The molecular formula is C15H23Cl2F3N2O2. The normalized spacial score (nSPS) is 16.7. The number of nitrogens with one attached hydrogen (secondary N) is 1.